The average molecular weight is 389 g/mol. The summed E-state index contributed by atoms with van der Waals surface area (Å²) in [6, 6.07) is -0.820. The molecule has 0 aromatic carbocycles. The first-order chi connectivity index (χ1) is 12.6. The van der Waals surface area contributed by atoms with Gasteiger partial charge < -0.3 is 32.3 Å². The SMILES string of the molecule is CCCCCCCC(=O)N(C)CC(=O)O.NC(N)=NCCCC(N)C(=O)O. The summed E-state index contributed by atoms with van der Waals surface area (Å²) in [6.07, 6.45) is 6.90. The highest BCUT2D eigenvalue weighted by molar-refractivity contribution is 5.81. The minimum atomic E-state index is -1.00. The molecule has 0 heterocycles. The van der Waals surface area contributed by atoms with Crippen LogP contribution in [0.1, 0.15) is 58.3 Å². The van der Waals surface area contributed by atoms with E-state index in [2.05, 4.69) is 11.9 Å². The number of unbranched alkanes of at least 4 members (excludes halogenated alkanes) is 4. The Bertz CT molecular complexity index is 467. The van der Waals surface area contributed by atoms with Crippen LogP contribution in [-0.4, -0.2) is 65.1 Å². The van der Waals surface area contributed by atoms with Crippen molar-refractivity contribution in [3.05, 3.63) is 0 Å². The normalized spacial score (nSPS) is 10.9. The van der Waals surface area contributed by atoms with Crippen molar-refractivity contribution in [3.8, 4) is 0 Å². The molecule has 8 N–H and O–H groups in total. The van der Waals surface area contributed by atoms with Gasteiger partial charge in [0.05, 0.1) is 0 Å². The summed E-state index contributed by atoms with van der Waals surface area (Å²) in [4.78, 5) is 36.9. The standard InChI is InChI=1S/C11H21NO3.C6H14N4O2/c1-3-4-5-6-7-8-10(13)12(2)9-11(14)15;7-4(5(11)12)2-1-3-10-6(8)9/h3-9H2,1-2H3,(H,14,15);4H,1-3,7H2,(H,11,12)(H4,8,9,10). The van der Waals surface area contributed by atoms with Crippen LogP contribution in [0.3, 0.4) is 0 Å². The van der Waals surface area contributed by atoms with Gasteiger partial charge in [0.25, 0.3) is 0 Å². The predicted octanol–water partition coefficient (Wildman–Crippen LogP) is 0.342. The lowest BCUT2D eigenvalue weighted by Crippen LogP contribution is -2.31. The van der Waals surface area contributed by atoms with E-state index >= 15 is 0 Å². The fourth-order valence-electron chi connectivity index (χ4n) is 2.00. The Kier molecular flexibility index (Phi) is 17.0. The summed E-state index contributed by atoms with van der Waals surface area (Å²) in [6.45, 7) is 2.36. The van der Waals surface area contributed by atoms with Crippen molar-refractivity contribution in [2.75, 3.05) is 20.1 Å². The zero-order valence-corrected chi connectivity index (χ0v) is 16.4. The van der Waals surface area contributed by atoms with Gasteiger partial charge in [-0.25, -0.2) is 0 Å². The number of guanidine groups is 1. The van der Waals surface area contributed by atoms with Crippen molar-refractivity contribution in [2.45, 2.75) is 64.3 Å². The number of amides is 1. The third kappa shape index (κ3) is 19.8. The summed E-state index contributed by atoms with van der Waals surface area (Å²) in [5.41, 5.74) is 15.3. The molecule has 1 amide bonds. The summed E-state index contributed by atoms with van der Waals surface area (Å²) < 4.78 is 0. The number of carbonyl (C=O) groups is 3. The molecule has 0 aliphatic carbocycles. The number of nitrogens with two attached hydrogens (primary N) is 3. The first-order valence-electron chi connectivity index (χ1n) is 9.11. The molecule has 0 saturated carbocycles. The molecule has 10 nitrogen and oxygen atoms in total. The van der Waals surface area contributed by atoms with Gasteiger partial charge in [0.2, 0.25) is 5.91 Å². The molecule has 27 heavy (non-hydrogen) atoms. The number of carboxylic acids is 2. The van der Waals surface area contributed by atoms with Crippen molar-refractivity contribution >= 4 is 23.8 Å². The second-order valence-corrected chi connectivity index (χ2v) is 6.20. The van der Waals surface area contributed by atoms with Gasteiger partial charge >= 0.3 is 11.9 Å². The van der Waals surface area contributed by atoms with Crippen LogP contribution in [0.4, 0.5) is 0 Å². The molecular weight excluding hydrogens is 354 g/mol. The van der Waals surface area contributed by atoms with Gasteiger partial charge in [0.15, 0.2) is 5.96 Å². The Labute approximate surface area is 160 Å². The summed E-state index contributed by atoms with van der Waals surface area (Å²) in [5.74, 6) is -2.02. The minimum absolute atomic E-state index is 0.0129. The number of aliphatic imine (C=N–C) groups is 1. The Morgan fingerprint density at radius 1 is 1.04 bits per heavy atom. The van der Waals surface area contributed by atoms with Crippen molar-refractivity contribution in [1.29, 1.82) is 0 Å². The predicted molar refractivity (Wildman–Crippen MR) is 104 cm³/mol. The lowest BCUT2D eigenvalue weighted by atomic mass is 10.1. The van der Waals surface area contributed by atoms with Crippen LogP contribution in [0, 0.1) is 0 Å². The Balaban J connectivity index is 0. The van der Waals surface area contributed by atoms with E-state index in [1.54, 1.807) is 0 Å². The van der Waals surface area contributed by atoms with Crippen LogP contribution >= 0.6 is 0 Å². The molecule has 0 aliphatic rings. The van der Waals surface area contributed by atoms with E-state index < -0.39 is 18.0 Å². The first kappa shape index (κ1) is 26.9. The van der Waals surface area contributed by atoms with Crippen LogP contribution in [0.5, 0.6) is 0 Å². The number of nitrogens with zero attached hydrogens (tertiary/aromatic N) is 2. The van der Waals surface area contributed by atoms with E-state index in [-0.39, 0.29) is 18.4 Å². The van der Waals surface area contributed by atoms with Gasteiger partial charge in [0, 0.05) is 20.0 Å². The van der Waals surface area contributed by atoms with Gasteiger partial charge in [0.1, 0.15) is 12.6 Å². The molecule has 0 fully saturated rings. The molecule has 1 unspecified atom stereocenters. The molecule has 158 valence electrons. The number of aliphatic carboxylic acids is 2. The number of hydrogen-bond acceptors (Lipinski definition) is 5. The third-order valence-corrected chi connectivity index (χ3v) is 3.58. The monoisotopic (exact) mass is 389 g/mol. The van der Waals surface area contributed by atoms with E-state index in [9.17, 15) is 14.4 Å². The molecule has 0 bridgehead atoms. The van der Waals surface area contributed by atoms with Crippen LogP contribution in [-0.2, 0) is 14.4 Å². The van der Waals surface area contributed by atoms with Crippen molar-refractivity contribution < 1.29 is 24.6 Å². The fraction of sp³-hybridized carbons (Fsp3) is 0.765. The molecule has 0 saturated heterocycles. The highest BCUT2D eigenvalue weighted by atomic mass is 16.4. The zero-order chi connectivity index (χ0) is 21.2. The third-order valence-electron chi connectivity index (χ3n) is 3.58. The Morgan fingerprint density at radius 2 is 1.63 bits per heavy atom. The van der Waals surface area contributed by atoms with E-state index in [4.69, 9.17) is 27.4 Å². The lowest BCUT2D eigenvalue weighted by Gasteiger charge is -2.13. The van der Waals surface area contributed by atoms with Crippen LogP contribution in [0.2, 0.25) is 0 Å². The van der Waals surface area contributed by atoms with E-state index in [0.29, 0.717) is 25.8 Å². The second-order valence-electron chi connectivity index (χ2n) is 6.20. The number of carbonyl (C=O) groups excluding carboxylic acids is 1. The number of carboxylic acid groups (broad SMARTS) is 2. The van der Waals surface area contributed by atoms with Crippen LogP contribution in [0.15, 0.2) is 4.99 Å². The molecule has 0 radical (unpaired) electrons. The van der Waals surface area contributed by atoms with Gasteiger partial charge in [-0.3, -0.25) is 19.4 Å². The van der Waals surface area contributed by atoms with Gasteiger partial charge in [-0.15, -0.1) is 0 Å². The molecule has 0 aliphatic heterocycles. The molecule has 0 aromatic rings. The smallest absolute Gasteiger partial charge is 0.323 e. The quantitative estimate of drug-likeness (QED) is 0.169. The highest BCUT2D eigenvalue weighted by Crippen LogP contribution is 2.06. The van der Waals surface area contributed by atoms with Gasteiger partial charge in [-0.2, -0.15) is 0 Å². The topological polar surface area (TPSA) is 185 Å². The van der Waals surface area contributed by atoms with Crippen LogP contribution in [0.25, 0.3) is 0 Å². The molecule has 0 aromatic heterocycles. The summed E-state index contributed by atoms with van der Waals surface area (Å²) in [5, 5.41) is 16.9. The maximum atomic E-state index is 11.4. The average Bonchev–Trinajstić information content (AvgIpc) is 2.57. The largest absolute Gasteiger partial charge is 0.480 e. The molecule has 1 atom stereocenters. The maximum Gasteiger partial charge on any atom is 0.323 e. The number of hydrogen-bond donors (Lipinski definition) is 5. The summed E-state index contributed by atoms with van der Waals surface area (Å²) >= 11 is 0. The van der Waals surface area contributed by atoms with E-state index in [0.717, 1.165) is 19.3 Å². The molecular formula is C17H35N5O5. The van der Waals surface area contributed by atoms with E-state index in [1.807, 2.05) is 0 Å². The first-order valence-corrected chi connectivity index (χ1v) is 9.11. The number of likely N-dealkylation sites (N-methyl/N-ethyl adjacent to an activating group) is 1. The fourth-order valence-corrected chi connectivity index (χ4v) is 2.00. The van der Waals surface area contributed by atoms with Gasteiger partial charge in [-0.1, -0.05) is 32.6 Å². The molecule has 0 spiro atoms. The second kappa shape index (κ2) is 17.1. The minimum Gasteiger partial charge on any atom is -0.480 e. The van der Waals surface area contributed by atoms with Crippen molar-refractivity contribution in [1.82, 2.24) is 4.90 Å². The van der Waals surface area contributed by atoms with Crippen molar-refractivity contribution in [2.24, 2.45) is 22.2 Å². The van der Waals surface area contributed by atoms with E-state index in [1.165, 1.54) is 24.8 Å². The number of rotatable bonds is 13. The summed E-state index contributed by atoms with van der Waals surface area (Å²) in [7, 11) is 1.53. The van der Waals surface area contributed by atoms with Gasteiger partial charge in [-0.05, 0) is 19.3 Å². The zero-order valence-electron chi connectivity index (χ0n) is 16.4. The Hall–Kier alpha value is -2.36. The molecule has 0 rings (SSSR count). The highest BCUT2D eigenvalue weighted by Gasteiger charge is 2.11. The maximum absolute atomic E-state index is 11.4. The molecule has 10 heteroatoms. The Morgan fingerprint density at radius 3 is 2.11 bits per heavy atom. The van der Waals surface area contributed by atoms with Crippen molar-refractivity contribution in [3.63, 3.8) is 0 Å². The van der Waals surface area contributed by atoms with Crippen LogP contribution < -0.4 is 17.2 Å². The lowest BCUT2D eigenvalue weighted by molar-refractivity contribution is -0.143.